The summed E-state index contributed by atoms with van der Waals surface area (Å²) in [6, 6.07) is 4.92. The number of halogens is 1. The van der Waals surface area contributed by atoms with E-state index in [9.17, 15) is 9.18 Å². The predicted molar refractivity (Wildman–Crippen MR) is 86.8 cm³/mol. The van der Waals surface area contributed by atoms with E-state index in [0.717, 1.165) is 25.9 Å². The predicted octanol–water partition coefficient (Wildman–Crippen LogP) is 1.77. The molecule has 1 amide bonds. The maximum atomic E-state index is 14.4. The molecule has 1 aromatic carbocycles. The van der Waals surface area contributed by atoms with Gasteiger partial charge in [-0.2, -0.15) is 0 Å². The number of cyclic esters (lactones) is 1. The van der Waals surface area contributed by atoms with E-state index in [1.165, 1.54) is 17.2 Å². The summed E-state index contributed by atoms with van der Waals surface area (Å²) in [5, 5.41) is 2.94. The molecule has 23 heavy (non-hydrogen) atoms. The first-order valence-corrected chi connectivity index (χ1v) is 7.82. The van der Waals surface area contributed by atoms with Crippen LogP contribution in [0, 0.1) is 5.82 Å². The molecule has 1 atom stereocenters. The molecule has 2 aliphatic rings. The van der Waals surface area contributed by atoms with Crippen LogP contribution < -0.4 is 20.9 Å². The van der Waals surface area contributed by atoms with Crippen LogP contribution >= 0.6 is 0 Å². The normalized spacial score (nSPS) is 21.3. The Morgan fingerprint density at radius 1 is 1.39 bits per heavy atom. The summed E-state index contributed by atoms with van der Waals surface area (Å²) in [7, 11) is 0. The molecule has 124 valence electrons. The average Bonchev–Trinajstić information content (AvgIpc) is 3.17. The lowest BCUT2D eigenvalue weighted by Crippen LogP contribution is -2.29. The third kappa shape index (κ3) is 3.33. The van der Waals surface area contributed by atoms with Gasteiger partial charge in [0.05, 0.1) is 24.5 Å². The smallest absolute Gasteiger partial charge is 0.414 e. The molecule has 0 bridgehead atoms. The second-order valence-electron chi connectivity index (χ2n) is 5.71. The van der Waals surface area contributed by atoms with Gasteiger partial charge in [0.15, 0.2) is 0 Å². The van der Waals surface area contributed by atoms with Crippen molar-refractivity contribution < 1.29 is 13.9 Å². The quantitative estimate of drug-likeness (QED) is 0.865. The Balaban J connectivity index is 1.69. The van der Waals surface area contributed by atoms with Crippen molar-refractivity contribution in [2.24, 2.45) is 5.73 Å². The SMILES string of the molecule is N/C=C\NC[C@H]1CN(c2ccc(N3CCCC3)c(F)c2)C(=O)O1. The summed E-state index contributed by atoms with van der Waals surface area (Å²) < 4.78 is 19.6. The fraction of sp³-hybridized carbons (Fsp3) is 0.438. The van der Waals surface area contributed by atoms with Crippen molar-refractivity contribution in [3.63, 3.8) is 0 Å². The minimum Gasteiger partial charge on any atom is -0.442 e. The van der Waals surface area contributed by atoms with Crippen molar-refractivity contribution in [3.8, 4) is 0 Å². The van der Waals surface area contributed by atoms with Gasteiger partial charge in [-0.1, -0.05) is 0 Å². The first kappa shape index (κ1) is 15.5. The molecule has 3 N–H and O–H groups in total. The van der Waals surface area contributed by atoms with Gasteiger partial charge in [-0.25, -0.2) is 9.18 Å². The number of nitrogens with one attached hydrogen (secondary N) is 1. The van der Waals surface area contributed by atoms with Crippen molar-refractivity contribution in [2.45, 2.75) is 18.9 Å². The Morgan fingerprint density at radius 3 is 2.87 bits per heavy atom. The molecule has 1 aromatic rings. The molecule has 2 fully saturated rings. The highest BCUT2D eigenvalue weighted by Crippen LogP contribution is 2.29. The number of hydrogen-bond acceptors (Lipinski definition) is 5. The zero-order valence-corrected chi connectivity index (χ0v) is 12.9. The van der Waals surface area contributed by atoms with E-state index in [1.54, 1.807) is 18.3 Å². The summed E-state index contributed by atoms with van der Waals surface area (Å²) in [6.07, 6.45) is 4.39. The highest BCUT2D eigenvalue weighted by atomic mass is 19.1. The lowest BCUT2D eigenvalue weighted by Gasteiger charge is -2.20. The number of hydrogen-bond donors (Lipinski definition) is 2. The zero-order chi connectivity index (χ0) is 16.2. The van der Waals surface area contributed by atoms with Gasteiger partial charge in [0.25, 0.3) is 0 Å². The second kappa shape index (κ2) is 6.76. The monoisotopic (exact) mass is 320 g/mol. The number of carbonyl (C=O) groups is 1. The van der Waals surface area contributed by atoms with Crippen molar-refractivity contribution >= 4 is 17.5 Å². The molecule has 0 aromatic heterocycles. The maximum absolute atomic E-state index is 14.4. The van der Waals surface area contributed by atoms with E-state index in [-0.39, 0.29) is 11.9 Å². The summed E-state index contributed by atoms with van der Waals surface area (Å²) in [4.78, 5) is 15.5. The van der Waals surface area contributed by atoms with Crippen LogP contribution in [-0.4, -0.2) is 38.4 Å². The summed E-state index contributed by atoms with van der Waals surface area (Å²) >= 11 is 0. The molecule has 3 rings (SSSR count). The number of rotatable bonds is 5. The molecule has 7 heteroatoms. The molecule has 2 saturated heterocycles. The van der Waals surface area contributed by atoms with E-state index in [2.05, 4.69) is 5.32 Å². The van der Waals surface area contributed by atoms with Gasteiger partial charge in [-0.3, -0.25) is 4.90 Å². The van der Waals surface area contributed by atoms with Gasteiger partial charge in [-0.05, 0) is 31.0 Å². The molecular formula is C16H21FN4O2. The molecular weight excluding hydrogens is 299 g/mol. The lowest BCUT2D eigenvalue weighted by molar-refractivity contribution is 0.142. The van der Waals surface area contributed by atoms with E-state index in [0.29, 0.717) is 24.5 Å². The van der Waals surface area contributed by atoms with Gasteiger partial charge in [-0.15, -0.1) is 0 Å². The van der Waals surface area contributed by atoms with Crippen molar-refractivity contribution in [2.75, 3.05) is 36.0 Å². The number of nitrogens with two attached hydrogens (primary N) is 1. The van der Waals surface area contributed by atoms with Crippen LogP contribution in [0.2, 0.25) is 0 Å². The molecule has 2 heterocycles. The fourth-order valence-corrected chi connectivity index (χ4v) is 2.98. The minimum atomic E-state index is -0.457. The Labute approximate surface area is 134 Å². The summed E-state index contributed by atoms with van der Waals surface area (Å²) in [5.74, 6) is -0.301. The highest BCUT2D eigenvalue weighted by Gasteiger charge is 2.32. The summed E-state index contributed by atoms with van der Waals surface area (Å²) in [6.45, 7) is 2.60. The number of amides is 1. The fourth-order valence-electron chi connectivity index (χ4n) is 2.98. The number of anilines is 2. The number of carbonyl (C=O) groups excluding carboxylic acids is 1. The van der Waals surface area contributed by atoms with Crippen LogP contribution in [0.25, 0.3) is 0 Å². The zero-order valence-electron chi connectivity index (χ0n) is 12.9. The van der Waals surface area contributed by atoms with E-state index < -0.39 is 6.09 Å². The molecule has 0 spiro atoms. The first-order chi connectivity index (χ1) is 11.2. The number of ether oxygens (including phenoxy) is 1. The molecule has 2 aliphatic heterocycles. The van der Waals surface area contributed by atoms with Gasteiger partial charge >= 0.3 is 6.09 Å². The first-order valence-electron chi connectivity index (χ1n) is 7.82. The van der Waals surface area contributed by atoms with Gasteiger partial charge in [0.2, 0.25) is 0 Å². The van der Waals surface area contributed by atoms with E-state index in [4.69, 9.17) is 10.5 Å². The third-order valence-electron chi connectivity index (χ3n) is 4.12. The van der Waals surface area contributed by atoms with Crippen molar-refractivity contribution in [1.29, 1.82) is 0 Å². The number of benzene rings is 1. The average molecular weight is 320 g/mol. The van der Waals surface area contributed by atoms with Gasteiger partial charge in [0, 0.05) is 25.5 Å². The standard InChI is InChI=1S/C16H21FN4O2/c17-14-9-12(3-4-15(14)20-7-1-2-8-20)21-11-13(23-16(21)22)10-19-6-5-18/h3-6,9,13,19H,1-2,7-8,10-11,18H2/b6-5-/t13-/m0/s1. The molecule has 0 saturated carbocycles. The Hall–Kier alpha value is -2.44. The minimum absolute atomic E-state index is 0.292. The third-order valence-corrected chi connectivity index (χ3v) is 4.12. The maximum Gasteiger partial charge on any atom is 0.414 e. The van der Waals surface area contributed by atoms with Crippen LogP contribution in [0.5, 0.6) is 0 Å². The second-order valence-corrected chi connectivity index (χ2v) is 5.71. The van der Waals surface area contributed by atoms with Gasteiger partial charge < -0.3 is 20.7 Å². The van der Waals surface area contributed by atoms with Crippen molar-refractivity contribution in [3.05, 3.63) is 36.4 Å². The largest absolute Gasteiger partial charge is 0.442 e. The Bertz CT molecular complexity index is 602. The van der Waals surface area contributed by atoms with E-state index in [1.807, 2.05) is 4.90 Å². The van der Waals surface area contributed by atoms with E-state index >= 15 is 0 Å². The van der Waals surface area contributed by atoms with Crippen molar-refractivity contribution in [1.82, 2.24) is 5.32 Å². The van der Waals surface area contributed by atoms with Crippen LogP contribution in [0.3, 0.4) is 0 Å². The molecule has 0 aliphatic carbocycles. The van der Waals surface area contributed by atoms with Gasteiger partial charge in [0.1, 0.15) is 11.9 Å². The molecule has 0 unspecified atom stereocenters. The molecule has 0 radical (unpaired) electrons. The Morgan fingerprint density at radius 2 is 2.17 bits per heavy atom. The topological polar surface area (TPSA) is 70.8 Å². The van der Waals surface area contributed by atoms with Crippen LogP contribution in [0.4, 0.5) is 20.6 Å². The van der Waals surface area contributed by atoms with Crippen LogP contribution in [0.15, 0.2) is 30.6 Å². The molecule has 6 nitrogen and oxygen atoms in total. The number of nitrogens with zero attached hydrogens (tertiary/aromatic N) is 2. The lowest BCUT2D eigenvalue weighted by atomic mass is 10.2. The van der Waals surface area contributed by atoms with Crippen LogP contribution in [-0.2, 0) is 4.74 Å². The highest BCUT2D eigenvalue weighted by molar-refractivity contribution is 5.90. The Kier molecular flexibility index (Phi) is 4.55. The summed E-state index contributed by atoms with van der Waals surface area (Å²) in [5.41, 5.74) is 6.36. The van der Waals surface area contributed by atoms with Crippen LogP contribution in [0.1, 0.15) is 12.8 Å².